The molecular formula is C31H32O3. The molecule has 0 aliphatic heterocycles. The van der Waals surface area contributed by atoms with E-state index >= 15 is 0 Å². The normalized spacial score (nSPS) is 11.7. The van der Waals surface area contributed by atoms with Gasteiger partial charge in [0.2, 0.25) is 0 Å². The fourth-order valence-corrected chi connectivity index (χ4v) is 4.60. The van der Waals surface area contributed by atoms with E-state index in [1.165, 1.54) is 5.56 Å². The van der Waals surface area contributed by atoms with Crippen molar-refractivity contribution in [2.75, 3.05) is 0 Å². The Labute approximate surface area is 202 Å². The molecule has 3 nitrogen and oxygen atoms in total. The third-order valence-corrected chi connectivity index (χ3v) is 6.99. The quantitative estimate of drug-likeness (QED) is 0.280. The van der Waals surface area contributed by atoms with Crippen molar-refractivity contribution in [3.63, 3.8) is 0 Å². The van der Waals surface area contributed by atoms with Crippen LogP contribution in [0.1, 0.15) is 64.3 Å². The average molecular weight is 453 g/mol. The minimum absolute atomic E-state index is 0.0355. The summed E-state index contributed by atoms with van der Waals surface area (Å²) in [5, 5.41) is 30.1. The van der Waals surface area contributed by atoms with Crippen molar-refractivity contribution < 1.29 is 15.3 Å². The van der Waals surface area contributed by atoms with Crippen molar-refractivity contribution in [2.45, 2.75) is 46.0 Å². The first-order valence-corrected chi connectivity index (χ1v) is 11.6. The van der Waals surface area contributed by atoms with Crippen molar-refractivity contribution >= 4 is 0 Å². The third-order valence-electron chi connectivity index (χ3n) is 6.99. The van der Waals surface area contributed by atoms with Crippen LogP contribution in [0.2, 0.25) is 0 Å². The number of hydrogen-bond donors (Lipinski definition) is 3. The van der Waals surface area contributed by atoms with Gasteiger partial charge in [0, 0.05) is 11.3 Å². The summed E-state index contributed by atoms with van der Waals surface area (Å²) in [6.45, 7) is 10.1. The zero-order valence-corrected chi connectivity index (χ0v) is 20.4. The van der Waals surface area contributed by atoms with E-state index < -0.39 is 0 Å². The summed E-state index contributed by atoms with van der Waals surface area (Å²) in [6, 6.07) is 25.9. The smallest absolute Gasteiger partial charge is 0.118 e. The molecule has 174 valence electrons. The third kappa shape index (κ3) is 4.38. The predicted molar refractivity (Wildman–Crippen MR) is 138 cm³/mol. The predicted octanol–water partition coefficient (Wildman–Crippen LogP) is 7.23. The Morgan fingerprint density at radius 3 is 1.32 bits per heavy atom. The fraction of sp³-hybridized carbons (Fsp3) is 0.226. The standard InChI is InChI=1S/C31H32O3/c1-19-16-23(8-13-27(19)32)30(24-9-14-28(33)20(2)17-24)22-6-10-25(11-7-22)31(4,5)26-12-15-29(34)21(3)18-26/h6-18,30,32-34H,1-5H3. The van der Waals surface area contributed by atoms with Crippen LogP contribution in [0.4, 0.5) is 0 Å². The van der Waals surface area contributed by atoms with Crippen LogP contribution in [-0.4, -0.2) is 15.3 Å². The number of aromatic hydroxyl groups is 3. The van der Waals surface area contributed by atoms with E-state index in [2.05, 4.69) is 38.1 Å². The van der Waals surface area contributed by atoms with Gasteiger partial charge in [0.25, 0.3) is 0 Å². The maximum absolute atomic E-state index is 10.1. The van der Waals surface area contributed by atoms with E-state index in [9.17, 15) is 15.3 Å². The highest BCUT2D eigenvalue weighted by Crippen LogP contribution is 2.38. The maximum atomic E-state index is 10.1. The van der Waals surface area contributed by atoms with Gasteiger partial charge >= 0.3 is 0 Å². The molecule has 0 saturated heterocycles. The molecule has 34 heavy (non-hydrogen) atoms. The first kappa shape index (κ1) is 23.4. The van der Waals surface area contributed by atoms with Crippen LogP contribution in [0.3, 0.4) is 0 Å². The number of hydrogen-bond acceptors (Lipinski definition) is 3. The molecule has 4 rings (SSSR count). The molecule has 3 heteroatoms. The summed E-state index contributed by atoms with van der Waals surface area (Å²) in [5.74, 6) is 0.842. The molecule has 0 atom stereocenters. The largest absolute Gasteiger partial charge is 0.508 e. The van der Waals surface area contributed by atoms with Gasteiger partial charge in [0.15, 0.2) is 0 Å². The molecule has 0 spiro atoms. The molecule has 3 N–H and O–H groups in total. The van der Waals surface area contributed by atoms with E-state index in [0.29, 0.717) is 5.75 Å². The number of aryl methyl sites for hydroxylation is 3. The Morgan fingerprint density at radius 2 is 0.882 bits per heavy atom. The molecule has 0 aliphatic carbocycles. The highest BCUT2D eigenvalue weighted by molar-refractivity contribution is 5.51. The van der Waals surface area contributed by atoms with Crippen LogP contribution in [0.5, 0.6) is 17.2 Å². The second kappa shape index (κ2) is 8.90. The summed E-state index contributed by atoms with van der Waals surface area (Å²) >= 11 is 0. The van der Waals surface area contributed by atoms with Crippen molar-refractivity contribution in [1.29, 1.82) is 0 Å². The Bertz CT molecular complexity index is 1280. The summed E-state index contributed by atoms with van der Waals surface area (Å²) in [4.78, 5) is 0. The Kier molecular flexibility index (Phi) is 6.14. The molecule has 0 heterocycles. The first-order chi connectivity index (χ1) is 16.1. The van der Waals surface area contributed by atoms with E-state index in [1.807, 2.05) is 57.2 Å². The average Bonchev–Trinajstić information content (AvgIpc) is 2.81. The van der Waals surface area contributed by atoms with Gasteiger partial charge in [-0.1, -0.05) is 74.5 Å². The number of phenols is 3. The van der Waals surface area contributed by atoms with Crippen LogP contribution < -0.4 is 0 Å². The van der Waals surface area contributed by atoms with Crippen molar-refractivity contribution in [3.8, 4) is 17.2 Å². The number of rotatable bonds is 5. The highest BCUT2D eigenvalue weighted by atomic mass is 16.3. The monoisotopic (exact) mass is 452 g/mol. The van der Waals surface area contributed by atoms with Gasteiger partial charge in [-0.25, -0.2) is 0 Å². The highest BCUT2D eigenvalue weighted by Gasteiger charge is 2.25. The summed E-state index contributed by atoms with van der Waals surface area (Å²) in [6.07, 6.45) is 0. The Hall–Kier alpha value is -3.72. The van der Waals surface area contributed by atoms with Gasteiger partial charge in [-0.2, -0.15) is 0 Å². The van der Waals surface area contributed by atoms with E-state index in [1.54, 1.807) is 18.2 Å². The van der Waals surface area contributed by atoms with E-state index in [-0.39, 0.29) is 22.8 Å². The molecular weight excluding hydrogens is 420 g/mol. The molecule has 0 bridgehead atoms. The Morgan fingerprint density at radius 1 is 0.500 bits per heavy atom. The SMILES string of the molecule is Cc1cc(C(c2ccc(C(C)(C)c3ccc(O)c(C)c3)cc2)c2ccc(O)c(C)c2)ccc1O. The van der Waals surface area contributed by atoms with Crippen LogP contribution in [0, 0.1) is 20.8 Å². The summed E-state index contributed by atoms with van der Waals surface area (Å²) < 4.78 is 0. The minimum Gasteiger partial charge on any atom is -0.508 e. The summed E-state index contributed by atoms with van der Waals surface area (Å²) in [7, 11) is 0. The van der Waals surface area contributed by atoms with Crippen molar-refractivity contribution in [1.82, 2.24) is 0 Å². The van der Waals surface area contributed by atoms with Crippen molar-refractivity contribution in [3.05, 3.63) is 123 Å². The lowest BCUT2D eigenvalue weighted by molar-refractivity contribution is 0.469. The number of benzene rings is 4. The topological polar surface area (TPSA) is 60.7 Å². The van der Waals surface area contributed by atoms with Crippen LogP contribution in [-0.2, 0) is 5.41 Å². The van der Waals surface area contributed by atoms with Crippen LogP contribution in [0.15, 0.2) is 78.9 Å². The lowest BCUT2D eigenvalue weighted by Crippen LogP contribution is -2.19. The second-order valence-corrected chi connectivity index (χ2v) is 9.77. The molecule has 0 aromatic heterocycles. The molecule has 0 radical (unpaired) electrons. The molecule has 0 fully saturated rings. The van der Waals surface area contributed by atoms with Crippen LogP contribution in [0.25, 0.3) is 0 Å². The number of phenolic OH excluding ortho intramolecular Hbond substituents is 3. The molecule has 0 unspecified atom stereocenters. The zero-order chi connectivity index (χ0) is 24.6. The van der Waals surface area contributed by atoms with Gasteiger partial charge < -0.3 is 15.3 Å². The van der Waals surface area contributed by atoms with Gasteiger partial charge in [-0.3, -0.25) is 0 Å². The molecule has 0 amide bonds. The molecule has 4 aromatic carbocycles. The minimum atomic E-state index is -0.225. The fourth-order valence-electron chi connectivity index (χ4n) is 4.60. The first-order valence-electron chi connectivity index (χ1n) is 11.6. The van der Waals surface area contributed by atoms with Gasteiger partial charge in [-0.05, 0) is 83.5 Å². The molecule has 4 aromatic rings. The maximum Gasteiger partial charge on any atom is 0.118 e. The second-order valence-electron chi connectivity index (χ2n) is 9.77. The van der Waals surface area contributed by atoms with Gasteiger partial charge in [0.05, 0.1) is 0 Å². The Balaban J connectivity index is 1.78. The lowest BCUT2D eigenvalue weighted by atomic mass is 9.76. The van der Waals surface area contributed by atoms with E-state index in [4.69, 9.17) is 0 Å². The molecule has 0 aliphatic rings. The lowest BCUT2D eigenvalue weighted by Gasteiger charge is -2.28. The van der Waals surface area contributed by atoms with Crippen molar-refractivity contribution in [2.24, 2.45) is 0 Å². The van der Waals surface area contributed by atoms with E-state index in [0.717, 1.165) is 38.9 Å². The van der Waals surface area contributed by atoms with Gasteiger partial charge in [0.1, 0.15) is 17.2 Å². The van der Waals surface area contributed by atoms with Crippen LogP contribution >= 0.6 is 0 Å². The summed E-state index contributed by atoms with van der Waals surface area (Å²) in [5.41, 5.74) is 7.94. The zero-order valence-electron chi connectivity index (χ0n) is 20.4. The van der Waals surface area contributed by atoms with Gasteiger partial charge in [-0.15, -0.1) is 0 Å². The molecule has 0 saturated carbocycles.